The van der Waals surface area contributed by atoms with Gasteiger partial charge in [0.2, 0.25) is 5.91 Å². The highest BCUT2D eigenvalue weighted by Gasteiger charge is 2.34. The van der Waals surface area contributed by atoms with Crippen LogP contribution in [0.15, 0.2) is 30.3 Å². The van der Waals surface area contributed by atoms with Crippen LogP contribution in [-0.2, 0) is 17.6 Å². The topological polar surface area (TPSA) is 54.0 Å². The smallest absolute Gasteiger partial charge is 0.226 e. The molecule has 0 radical (unpaired) electrons. The summed E-state index contributed by atoms with van der Waals surface area (Å²) in [6.45, 7) is 0. The number of aromatic nitrogens is 1. The third-order valence-corrected chi connectivity index (χ3v) is 7.54. The van der Waals surface area contributed by atoms with Gasteiger partial charge in [0.15, 0.2) is 5.13 Å². The molecule has 5 rings (SSSR count). The minimum atomic E-state index is 0. The average Bonchev–Trinajstić information content (AvgIpc) is 3.23. The Bertz CT molecular complexity index is 812. The number of thiazole rings is 1. The highest BCUT2D eigenvalue weighted by Crippen LogP contribution is 2.37. The lowest BCUT2D eigenvalue weighted by atomic mass is 9.85. The fourth-order valence-corrected chi connectivity index (χ4v) is 6.32. The van der Waals surface area contributed by atoms with Gasteiger partial charge < -0.3 is 10.6 Å². The van der Waals surface area contributed by atoms with Crippen molar-refractivity contribution in [3.63, 3.8) is 0 Å². The summed E-state index contributed by atoms with van der Waals surface area (Å²) >= 11 is 1.68. The Balaban J connectivity index is 0.00000192. The Morgan fingerprint density at radius 1 is 1.14 bits per heavy atom. The molecule has 0 spiro atoms. The second-order valence-electron chi connectivity index (χ2n) is 8.47. The lowest BCUT2D eigenvalue weighted by molar-refractivity contribution is -0.117. The van der Waals surface area contributed by atoms with Crippen LogP contribution in [0.1, 0.15) is 60.6 Å². The lowest BCUT2D eigenvalue weighted by Gasteiger charge is -2.28. The summed E-state index contributed by atoms with van der Waals surface area (Å²) in [5.74, 6) is 1.25. The number of carbonyl (C=O) groups excluding carboxylic acids is 1. The van der Waals surface area contributed by atoms with Crippen molar-refractivity contribution in [2.24, 2.45) is 5.92 Å². The van der Waals surface area contributed by atoms with Crippen LogP contribution in [0.3, 0.4) is 0 Å². The summed E-state index contributed by atoms with van der Waals surface area (Å²) in [5, 5.41) is 7.55. The summed E-state index contributed by atoms with van der Waals surface area (Å²) in [7, 11) is 0. The normalized spacial score (nSPS) is 28.3. The standard InChI is InChI=1S/C22H27N3OS.ClH/c26-21(12-14-10-17-7-8-18(11-14)23-17)25-22-24-19-9-6-16(13-20(19)27-22)15-4-2-1-3-5-15;/h1-5,14,16-18,23H,6-13H2,(H,24,25,26);1H. The summed E-state index contributed by atoms with van der Waals surface area (Å²) in [5.41, 5.74) is 2.62. The van der Waals surface area contributed by atoms with E-state index in [1.165, 1.54) is 29.0 Å². The highest BCUT2D eigenvalue weighted by atomic mass is 35.5. The monoisotopic (exact) mass is 417 g/mol. The molecule has 150 valence electrons. The van der Waals surface area contributed by atoms with E-state index in [-0.39, 0.29) is 18.3 Å². The van der Waals surface area contributed by atoms with E-state index in [0.29, 0.717) is 30.3 Å². The predicted molar refractivity (Wildman–Crippen MR) is 116 cm³/mol. The molecule has 3 atom stereocenters. The first-order chi connectivity index (χ1) is 13.2. The maximum absolute atomic E-state index is 12.5. The third kappa shape index (κ3) is 4.27. The van der Waals surface area contributed by atoms with E-state index in [4.69, 9.17) is 4.98 Å². The number of nitrogens with zero attached hydrogens (tertiary/aromatic N) is 1. The maximum atomic E-state index is 12.5. The zero-order valence-electron chi connectivity index (χ0n) is 16.0. The van der Waals surface area contributed by atoms with Crippen molar-refractivity contribution in [3.05, 3.63) is 46.5 Å². The van der Waals surface area contributed by atoms with Gasteiger partial charge in [-0.15, -0.1) is 23.7 Å². The molecule has 2 fully saturated rings. The molecule has 2 bridgehead atoms. The van der Waals surface area contributed by atoms with Crippen LogP contribution in [0.2, 0.25) is 0 Å². The number of rotatable bonds is 4. The molecule has 2 saturated heterocycles. The van der Waals surface area contributed by atoms with Gasteiger partial charge in [-0.1, -0.05) is 30.3 Å². The quantitative estimate of drug-likeness (QED) is 0.758. The van der Waals surface area contributed by atoms with Crippen LogP contribution in [0, 0.1) is 5.92 Å². The van der Waals surface area contributed by atoms with Crippen molar-refractivity contribution in [1.82, 2.24) is 10.3 Å². The van der Waals surface area contributed by atoms with E-state index in [0.717, 1.165) is 37.2 Å². The van der Waals surface area contributed by atoms with Crippen LogP contribution >= 0.6 is 23.7 Å². The number of nitrogens with one attached hydrogen (secondary N) is 2. The molecule has 1 aromatic heterocycles. The molecular formula is C22H28ClN3OS. The maximum Gasteiger partial charge on any atom is 0.226 e. The number of aryl methyl sites for hydroxylation is 1. The molecular weight excluding hydrogens is 390 g/mol. The van der Waals surface area contributed by atoms with E-state index in [1.54, 1.807) is 11.3 Å². The van der Waals surface area contributed by atoms with Gasteiger partial charge in [0.25, 0.3) is 0 Å². The average molecular weight is 418 g/mol. The molecule has 1 aliphatic carbocycles. The van der Waals surface area contributed by atoms with E-state index in [2.05, 4.69) is 41.0 Å². The SMILES string of the molecule is Cl.O=C(CC1CC2CCC(C1)N2)Nc1nc2c(s1)CC(c1ccccc1)CC2. The van der Waals surface area contributed by atoms with E-state index in [1.807, 2.05) is 0 Å². The molecule has 4 nitrogen and oxygen atoms in total. The van der Waals surface area contributed by atoms with Gasteiger partial charge in [-0.25, -0.2) is 4.98 Å². The first-order valence-corrected chi connectivity index (χ1v) is 11.1. The van der Waals surface area contributed by atoms with Gasteiger partial charge >= 0.3 is 0 Å². The van der Waals surface area contributed by atoms with Crippen LogP contribution < -0.4 is 10.6 Å². The molecule has 0 saturated carbocycles. The van der Waals surface area contributed by atoms with Gasteiger partial charge in [-0.2, -0.15) is 0 Å². The van der Waals surface area contributed by atoms with Crippen molar-refractivity contribution < 1.29 is 4.79 Å². The molecule has 28 heavy (non-hydrogen) atoms. The largest absolute Gasteiger partial charge is 0.311 e. The lowest BCUT2D eigenvalue weighted by Crippen LogP contribution is -2.39. The molecule has 3 unspecified atom stereocenters. The Hall–Kier alpha value is -1.43. The minimum absolute atomic E-state index is 0. The molecule has 1 aromatic carbocycles. The van der Waals surface area contributed by atoms with Gasteiger partial charge in [0, 0.05) is 23.4 Å². The first kappa shape index (κ1) is 19.9. The Morgan fingerprint density at radius 3 is 2.64 bits per heavy atom. The van der Waals surface area contributed by atoms with Crippen molar-refractivity contribution in [2.45, 2.75) is 69.4 Å². The molecule has 6 heteroatoms. The number of hydrogen-bond acceptors (Lipinski definition) is 4. The van der Waals surface area contributed by atoms with Crippen LogP contribution in [-0.4, -0.2) is 23.0 Å². The van der Waals surface area contributed by atoms with Gasteiger partial charge in [-0.05, 0) is 62.3 Å². The summed E-state index contributed by atoms with van der Waals surface area (Å²) in [4.78, 5) is 18.6. The van der Waals surface area contributed by atoms with Crippen molar-refractivity contribution in [1.29, 1.82) is 0 Å². The summed E-state index contributed by atoms with van der Waals surface area (Å²) in [6.07, 6.45) is 8.71. The Kier molecular flexibility index (Phi) is 6.04. The Morgan fingerprint density at radius 2 is 1.89 bits per heavy atom. The van der Waals surface area contributed by atoms with Crippen LogP contribution in [0.5, 0.6) is 0 Å². The third-order valence-electron chi connectivity index (χ3n) is 6.50. The van der Waals surface area contributed by atoms with Gasteiger partial charge in [-0.3, -0.25) is 4.79 Å². The molecule has 2 N–H and O–H groups in total. The van der Waals surface area contributed by atoms with Gasteiger partial charge in [0.1, 0.15) is 0 Å². The molecule has 3 heterocycles. The zero-order valence-corrected chi connectivity index (χ0v) is 17.7. The second kappa shape index (κ2) is 8.52. The molecule has 2 aromatic rings. The Labute approximate surface area is 176 Å². The first-order valence-electron chi connectivity index (χ1n) is 10.3. The van der Waals surface area contributed by atoms with Crippen molar-refractivity contribution in [3.8, 4) is 0 Å². The van der Waals surface area contributed by atoms with E-state index < -0.39 is 0 Å². The van der Waals surface area contributed by atoms with Crippen LogP contribution in [0.4, 0.5) is 5.13 Å². The number of amides is 1. The number of halogens is 1. The zero-order chi connectivity index (χ0) is 18.2. The fraction of sp³-hybridized carbons (Fsp3) is 0.545. The second-order valence-corrected chi connectivity index (χ2v) is 9.55. The molecule has 1 amide bonds. The van der Waals surface area contributed by atoms with E-state index >= 15 is 0 Å². The van der Waals surface area contributed by atoms with Crippen LogP contribution in [0.25, 0.3) is 0 Å². The van der Waals surface area contributed by atoms with E-state index in [9.17, 15) is 4.79 Å². The van der Waals surface area contributed by atoms with Gasteiger partial charge in [0.05, 0.1) is 5.69 Å². The predicted octanol–water partition coefficient (Wildman–Crippen LogP) is 4.70. The fourth-order valence-electron chi connectivity index (χ4n) is 5.21. The van der Waals surface area contributed by atoms with Crippen molar-refractivity contribution in [2.75, 3.05) is 5.32 Å². The summed E-state index contributed by atoms with van der Waals surface area (Å²) < 4.78 is 0. The number of carbonyl (C=O) groups is 1. The number of piperidine rings is 1. The summed E-state index contributed by atoms with van der Waals surface area (Å²) in [6, 6.07) is 12.1. The highest BCUT2D eigenvalue weighted by molar-refractivity contribution is 7.15. The van der Waals surface area contributed by atoms with Crippen molar-refractivity contribution >= 4 is 34.8 Å². The number of benzene rings is 1. The molecule has 3 aliphatic rings. The number of hydrogen-bond donors (Lipinski definition) is 2. The molecule has 2 aliphatic heterocycles. The minimum Gasteiger partial charge on any atom is -0.311 e. The number of fused-ring (bicyclic) bond motifs is 3. The number of anilines is 1.